The second kappa shape index (κ2) is 6.14. The monoisotopic (exact) mass is 278 g/mol. The number of aromatic nitrogens is 2. The molecule has 0 fully saturated rings. The molecule has 5 nitrogen and oxygen atoms in total. The zero-order valence-electron chi connectivity index (χ0n) is 10.9. The van der Waals surface area contributed by atoms with Crippen molar-refractivity contribution in [2.75, 3.05) is 7.11 Å². The van der Waals surface area contributed by atoms with E-state index < -0.39 is 5.82 Å². The van der Waals surface area contributed by atoms with Crippen molar-refractivity contribution in [2.45, 2.75) is 13.0 Å². The molecule has 0 bridgehead atoms. The third-order valence-corrected chi connectivity index (χ3v) is 2.56. The summed E-state index contributed by atoms with van der Waals surface area (Å²) in [5, 5.41) is 7.69. The van der Waals surface area contributed by atoms with Crippen LogP contribution in [-0.4, -0.2) is 17.1 Å². The number of methoxy groups -OCH3 is 1. The maximum Gasteiger partial charge on any atom is 0.318 e. The molecule has 1 heterocycles. The summed E-state index contributed by atoms with van der Waals surface area (Å²) in [6.07, 6.45) is 0.961. The number of hydrogen-bond acceptors (Lipinski definition) is 5. The van der Waals surface area contributed by atoms with E-state index >= 15 is 0 Å². The minimum atomic E-state index is -0.694. The number of halogens is 2. The predicted octanol–water partition coefficient (Wildman–Crippen LogP) is 3.61. The zero-order valence-corrected chi connectivity index (χ0v) is 10.9. The fraction of sp³-hybridized carbons (Fsp3) is 0.231. The highest BCUT2D eigenvalue weighted by Crippen LogP contribution is 2.22. The van der Waals surface area contributed by atoms with Crippen LogP contribution >= 0.6 is 0 Å². The van der Waals surface area contributed by atoms with E-state index in [0.717, 1.165) is 11.8 Å². The first-order valence-corrected chi connectivity index (χ1v) is 5.83. The molecule has 104 valence electrons. The van der Waals surface area contributed by atoms with Gasteiger partial charge in [-0.1, -0.05) is 12.1 Å². The maximum absolute atomic E-state index is 13.4. The van der Waals surface area contributed by atoms with Gasteiger partial charge in [-0.15, -0.1) is 5.11 Å². The standard InChI is InChI=1S/C13H12F2N4O/c1-8(9-3-5-10(14)6-4-9)18-19-12-11(15)7-16-13(17-12)20-2/h3-8H,1-2H3. The molecule has 2 rings (SSSR count). The van der Waals surface area contributed by atoms with Crippen LogP contribution in [0.5, 0.6) is 6.01 Å². The Hall–Kier alpha value is -2.44. The van der Waals surface area contributed by atoms with Crippen molar-refractivity contribution in [1.82, 2.24) is 9.97 Å². The van der Waals surface area contributed by atoms with Crippen molar-refractivity contribution in [3.05, 3.63) is 47.7 Å². The lowest BCUT2D eigenvalue weighted by molar-refractivity contribution is 0.377. The molecule has 2 aromatic rings. The lowest BCUT2D eigenvalue weighted by Crippen LogP contribution is -1.93. The van der Waals surface area contributed by atoms with Crippen LogP contribution in [0.2, 0.25) is 0 Å². The first-order valence-electron chi connectivity index (χ1n) is 5.83. The molecule has 1 unspecified atom stereocenters. The molecule has 1 aromatic heterocycles. The molecular weight excluding hydrogens is 266 g/mol. The van der Waals surface area contributed by atoms with Gasteiger partial charge in [0.25, 0.3) is 0 Å². The van der Waals surface area contributed by atoms with Crippen molar-refractivity contribution in [3.8, 4) is 6.01 Å². The van der Waals surface area contributed by atoms with E-state index in [-0.39, 0.29) is 23.7 Å². The average Bonchev–Trinajstić information content (AvgIpc) is 2.47. The molecule has 0 spiro atoms. The van der Waals surface area contributed by atoms with E-state index in [1.807, 2.05) is 0 Å². The van der Waals surface area contributed by atoms with Crippen LogP contribution in [0.4, 0.5) is 14.6 Å². The van der Waals surface area contributed by atoms with Gasteiger partial charge in [0.05, 0.1) is 19.3 Å². The van der Waals surface area contributed by atoms with Crippen LogP contribution in [0.25, 0.3) is 0 Å². The van der Waals surface area contributed by atoms with E-state index in [9.17, 15) is 8.78 Å². The highest BCUT2D eigenvalue weighted by molar-refractivity contribution is 5.28. The van der Waals surface area contributed by atoms with E-state index in [1.54, 1.807) is 19.1 Å². The van der Waals surface area contributed by atoms with Crippen molar-refractivity contribution in [2.24, 2.45) is 10.2 Å². The molecule has 0 saturated carbocycles. The SMILES string of the molecule is COc1ncc(F)c(N=NC(C)c2ccc(F)cc2)n1. The summed E-state index contributed by atoms with van der Waals surface area (Å²) in [4.78, 5) is 7.34. The van der Waals surface area contributed by atoms with Crippen LogP contribution in [0.15, 0.2) is 40.7 Å². The third-order valence-electron chi connectivity index (χ3n) is 2.56. The first kappa shape index (κ1) is 14.0. The van der Waals surface area contributed by atoms with Crippen molar-refractivity contribution in [1.29, 1.82) is 0 Å². The molecule has 0 aliphatic heterocycles. The first-order chi connectivity index (χ1) is 9.60. The number of hydrogen-bond donors (Lipinski definition) is 0. The molecule has 0 radical (unpaired) electrons. The van der Waals surface area contributed by atoms with Gasteiger partial charge in [-0.05, 0) is 24.6 Å². The highest BCUT2D eigenvalue weighted by atomic mass is 19.1. The summed E-state index contributed by atoms with van der Waals surface area (Å²) in [7, 11) is 1.37. The van der Waals surface area contributed by atoms with Crippen molar-refractivity contribution in [3.63, 3.8) is 0 Å². The number of ether oxygens (including phenoxy) is 1. The van der Waals surface area contributed by atoms with Gasteiger partial charge in [-0.2, -0.15) is 10.1 Å². The zero-order chi connectivity index (χ0) is 14.5. The molecule has 1 atom stereocenters. The van der Waals surface area contributed by atoms with Gasteiger partial charge < -0.3 is 4.74 Å². The predicted molar refractivity (Wildman–Crippen MR) is 67.9 cm³/mol. The summed E-state index contributed by atoms with van der Waals surface area (Å²) in [6, 6.07) is 5.50. The molecular formula is C13H12F2N4O. The average molecular weight is 278 g/mol. The number of rotatable bonds is 4. The number of azo groups is 1. The van der Waals surface area contributed by atoms with Gasteiger partial charge in [-0.25, -0.2) is 13.8 Å². The van der Waals surface area contributed by atoms with Crippen molar-refractivity contribution < 1.29 is 13.5 Å². The Morgan fingerprint density at radius 3 is 2.55 bits per heavy atom. The molecule has 0 saturated heterocycles. The van der Waals surface area contributed by atoms with E-state index in [4.69, 9.17) is 4.74 Å². The van der Waals surface area contributed by atoms with Gasteiger partial charge in [-0.3, -0.25) is 0 Å². The van der Waals surface area contributed by atoms with Crippen LogP contribution in [0.3, 0.4) is 0 Å². The van der Waals surface area contributed by atoms with Gasteiger partial charge in [0.15, 0.2) is 5.82 Å². The Balaban J connectivity index is 2.18. The topological polar surface area (TPSA) is 59.7 Å². The van der Waals surface area contributed by atoms with Crippen LogP contribution in [0.1, 0.15) is 18.5 Å². The Kier molecular flexibility index (Phi) is 4.29. The Morgan fingerprint density at radius 2 is 1.90 bits per heavy atom. The summed E-state index contributed by atoms with van der Waals surface area (Å²) in [5.74, 6) is -1.23. The normalized spacial score (nSPS) is 12.6. The number of nitrogens with zero attached hydrogens (tertiary/aromatic N) is 4. The Bertz CT molecular complexity index is 616. The molecule has 7 heteroatoms. The number of benzene rings is 1. The third kappa shape index (κ3) is 3.31. The van der Waals surface area contributed by atoms with Crippen molar-refractivity contribution >= 4 is 5.82 Å². The lowest BCUT2D eigenvalue weighted by atomic mass is 10.1. The second-order valence-electron chi connectivity index (χ2n) is 3.97. The van der Waals surface area contributed by atoms with Gasteiger partial charge >= 0.3 is 6.01 Å². The summed E-state index contributed by atoms with van der Waals surface area (Å²) in [6.45, 7) is 1.76. The summed E-state index contributed by atoms with van der Waals surface area (Å²) < 4.78 is 31.0. The van der Waals surface area contributed by atoms with Crippen LogP contribution < -0.4 is 4.74 Å². The summed E-state index contributed by atoms with van der Waals surface area (Å²) >= 11 is 0. The van der Waals surface area contributed by atoms with E-state index in [0.29, 0.717) is 0 Å². The Labute approximate surface area is 114 Å². The van der Waals surface area contributed by atoms with E-state index in [2.05, 4.69) is 20.2 Å². The van der Waals surface area contributed by atoms with Gasteiger partial charge in [0.2, 0.25) is 5.82 Å². The Morgan fingerprint density at radius 1 is 1.20 bits per heavy atom. The second-order valence-corrected chi connectivity index (χ2v) is 3.97. The quantitative estimate of drug-likeness (QED) is 0.803. The maximum atomic E-state index is 13.4. The highest BCUT2D eigenvalue weighted by Gasteiger charge is 2.08. The molecule has 0 amide bonds. The summed E-state index contributed by atoms with van der Waals surface area (Å²) in [5.41, 5.74) is 0.761. The lowest BCUT2D eigenvalue weighted by Gasteiger charge is -2.05. The largest absolute Gasteiger partial charge is 0.467 e. The smallest absolute Gasteiger partial charge is 0.318 e. The molecule has 1 aromatic carbocycles. The van der Waals surface area contributed by atoms with Gasteiger partial charge in [0, 0.05) is 0 Å². The molecule has 0 aliphatic rings. The van der Waals surface area contributed by atoms with Gasteiger partial charge in [0.1, 0.15) is 5.82 Å². The minimum absolute atomic E-state index is 0.00906. The van der Waals surface area contributed by atoms with Crippen LogP contribution in [0, 0.1) is 11.6 Å². The molecule has 0 N–H and O–H groups in total. The van der Waals surface area contributed by atoms with Crippen LogP contribution in [-0.2, 0) is 0 Å². The minimum Gasteiger partial charge on any atom is -0.467 e. The molecule has 20 heavy (non-hydrogen) atoms. The fourth-order valence-corrected chi connectivity index (χ4v) is 1.46. The fourth-order valence-electron chi connectivity index (χ4n) is 1.46. The molecule has 0 aliphatic carbocycles. The van der Waals surface area contributed by atoms with E-state index in [1.165, 1.54) is 19.2 Å².